The molecule has 1 unspecified atom stereocenters. The molecule has 0 amide bonds. The van der Waals surface area contributed by atoms with Crippen molar-refractivity contribution in [3.05, 3.63) is 154 Å². The normalized spacial score (nSPS) is 21.0. The van der Waals surface area contributed by atoms with Crippen LogP contribution in [0.15, 0.2) is 136 Å². The van der Waals surface area contributed by atoms with E-state index in [2.05, 4.69) is 173 Å². The Morgan fingerprint density at radius 1 is 0.620 bits per heavy atom. The molecule has 3 nitrogen and oxygen atoms in total. The third kappa shape index (κ3) is 4.93. The number of benzene rings is 5. The monoisotopic (exact) mass is 650 g/mol. The molecule has 50 heavy (non-hydrogen) atoms. The summed E-state index contributed by atoms with van der Waals surface area (Å²) in [6.45, 7) is 10.6. The lowest BCUT2D eigenvalue weighted by Crippen LogP contribution is -2.41. The maximum absolute atomic E-state index is 6.80. The second kappa shape index (κ2) is 11.8. The van der Waals surface area contributed by atoms with Crippen LogP contribution < -0.4 is 5.46 Å². The van der Waals surface area contributed by atoms with Gasteiger partial charge in [-0.1, -0.05) is 128 Å². The quantitative estimate of drug-likeness (QED) is 0.186. The van der Waals surface area contributed by atoms with Gasteiger partial charge in [-0.2, -0.15) is 0 Å². The molecule has 2 aliphatic rings. The third-order valence-electron chi connectivity index (χ3n) is 11.9. The van der Waals surface area contributed by atoms with Crippen molar-refractivity contribution in [2.75, 3.05) is 0 Å². The van der Waals surface area contributed by atoms with E-state index in [0.717, 1.165) is 44.9 Å². The van der Waals surface area contributed by atoms with Crippen molar-refractivity contribution in [1.29, 1.82) is 0 Å². The fourth-order valence-electron chi connectivity index (χ4n) is 8.07. The largest absolute Gasteiger partial charge is 0.498 e. The average molecular weight is 650 g/mol. The molecule has 6 aromatic rings. The van der Waals surface area contributed by atoms with Gasteiger partial charge >= 0.3 is 7.12 Å². The highest BCUT2D eigenvalue weighted by atomic mass is 16.7. The van der Waals surface area contributed by atoms with Crippen molar-refractivity contribution >= 4 is 63.6 Å². The molecule has 8 rings (SSSR count). The van der Waals surface area contributed by atoms with E-state index in [1.807, 2.05) is 0 Å². The number of hydrogen-bond donors (Lipinski definition) is 0. The van der Waals surface area contributed by atoms with Crippen molar-refractivity contribution in [3.63, 3.8) is 0 Å². The molecule has 1 aliphatic carbocycles. The van der Waals surface area contributed by atoms with E-state index in [1.165, 1.54) is 44.2 Å². The van der Waals surface area contributed by atoms with E-state index in [0.29, 0.717) is 0 Å². The molecule has 0 radical (unpaired) electrons. The molecule has 0 saturated carbocycles. The van der Waals surface area contributed by atoms with E-state index in [-0.39, 0.29) is 5.41 Å². The molecule has 244 valence electrons. The first kappa shape index (κ1) is 32.7. The number of para-hydroxylation sites is 2. The molecule has 0 N–H and O–H groups in total. The lowest BCUT2D eigenvalue weighted by molar-refractivity contribution is 0.00578. The van der Waals surface area contributed by atoms with Crippen LogP contribution in [0.2, 0.25) is 0 Å². The van der Waals surface area contributed by atoms with Crippen molar-refractivity contribution in [3.8, 4) is 11.1 Å². The highest BCUT2D eigenvalue weighted by molar-refractivity contribution is 6.65. The Balaban J connectivity index is 1.26. The van der Waals surface area contributed by atoms with Crippen molar-refractivity contribution in [1.82, 2.24) is 0 Å². The molecule has 5 aromatic carbocycles. The van der Waals surface area contributed by atoms with Gasteiger partial charge in [0.05, 0.1) is 11.2 Å². The van der Waals surface area contributed by atoms with Gasteiger partial charge in [0, 0.05) is 27.2 Å². The Morgan fingerprint density at radius 3 is 1.88 bits per heavy atom. The van der Waals surface area contributed by atoms with Gasteiger partial charge in [0.15, 0.2) is 0 Å². The predicted octanol–water partition coefficient (Wildman–Crippen LogP) is 7.13. The van der Waals surface area contributed by atoms with E-state index in [4.69, 9.17) is 13.7 Å². The molecule has 7 heteroatoms. The third-order valence-corrected chi connectivity index (χ3v) is 11.9. The minimum absolute atomic E-state index is 0.308. The molecule has 1 aromatic heterocycles. The predicted molar refractivity (Wildman–Crippen MR) is 218 cm³/mol. The molecular formula is C43H42B4O3. The number of fused-ring (bicyclic) bond motifs is 4. The Labute approximate surface area is 299 Å². The summed E-state index contributed by atoms with van der Waals surface area (Å²) in [5.41, 5.74) is 14.5. The highest BCUT2D eigenvalue weighted by Crippen LogP contribution is 2.55. The van der Waals surface area contributed by atoms with E-state index < -0.39 is 18.3 Å². The fraction of sp³-hybridized carbons (Fsp3) is 0.209. The Bertz CT molecular complexity index is 2330. The summed E-state index contributed by atoms with van der Waals surface area (Å²) in [5.74, 6) is 0. The second-order valence-corrected chi connectivity index (χ2v) is 15.4. The lowest BCUT2D eigenvalue weighted by atomic mass is 9.67. The van der Waals surface area contributed by atoms with Gasteiger partial charge in [0.2, 0.25) is 0 Å². The summed E-state index contributed by atoms with van der Waals surface area (Å²) in [6.07, 6.45) is 0.910. The minimum atomic E-state index is -0.501. The summed E-state index contributed by atoms with van der Waals surface area (Å²) in [6, 6.07) is 42.0. The second-order valence-electron chi connectivity index (χ2n) is 15.4. The number of allylic oxidation sites excluding steroid dienone is 4. The Morgan fingerprint density at radius 2 is 1.20 bits per heavy atom. The van der Waals surface area contributed by atoms with E-state index in [1.54, 1.807) is 0 Å². The van der Waals surface area contributed by atoms with Gasteiger partial charge in [-0.05, 0) is 67.5 Å². The zero-order valence-corrected chi connectivity index (χ0v) is 30.5. The molecule has 1 saturated heterocycles. The highest BCUT2D eigenvalue weighted by Gasteiger charge is 2.52. The summed E-state index contributed by atoms with van der Waals surface area (Å²) in [4.78, 5) is 0. The van der Waals surface area contributed by atoms with Crippen LogP contribution in [0, 0.1) is 0 Å². The van der Waals surface area contributed by atoms with Crippen molar-refractivity contribution in [2.24, 2.45) is 0 Å². The van der Waals surface area contributed by atoms with Gasteiger partial charge in [0.1, 0.15) is 34.7 Å². The molecule has 2 heterocycles. The Kier molecular flexibility index (Phi) is 7.74. The van der Waals surface area contributed by atoms with Crippen molar-refractivity contribution < 1.29 is 13.7 Å². The maximum atomic E-state index is 6.80. The lowest BCUT2D eigenvalue weighted by Gasteiger charge is -2.32. The summed E-state index contributed by atoms with van der Waals surface area (Å²) < 4.78 is 19.7. The first-order valence-corrected chi connectivity index (χ1v) is 17.8. The number of furan rings is 1. The van der Waals surface area contributed by atoms with E-state index in [9.17, 15) is 0 Å². The fourth-order valence-corrected chi connectivity index (χ4v) is 8.07. The van der Waals surface area contributed by atoms with Gasteiger partial charge in [0.25, 0.3) is 0 Å². The van der Waals surface area contributed by atoms with E-state index >= 15 is 0 Å². The van der Waals surface area contributed by atoms with Crippen LogP contribution in [0.1, 0.15) is 63.3 Å². The number of rotatable bonds is 5. The standard InChI is InChI=1S/C43H42B4O3/c1-26(44)37(45)38(46)34-25-43(28-13-7-6-8-14-28,35-19-10-9-15-31(34)35)29-23-21-27(22-24-29)30-16-11-17-32-33-18-12-20-36(40(33)48-39(30)32)47-49-41(2,3)42(4,5)50-47/h6-24H,25,44-46H2,1-5H3/b37-26-,38-34-. The topological polar surface area (TPSA) is 31.6 Å². The van der Waals surface area contributed by atoms with Crippen LogP contribution in [-0.2, 0) is 14.7 Å². The van der Waals surface area contributed by atoms with Gasteiger partial charge in [-0.3, -0.25) is 0 Å². The molecular weight excluding hydrogens is 608 g/mol. The van der Waals surface area contributed by atoms with Gasteiger partial charge in [-0.15, -0.1) is 10.9 Å². The molecule has 1 atom stereocenters. The first-order chi connectivity index (χ1) is 23.9. The SMILES string of the molecule is B/C(C)=C(B)/C(B)=C1\CC(c2ccccc2)(c2ccc(-c3cccc4c3oc3c(B5OC(C)(C)C(C)(C)O5)cccc34)cc2)c2ccccc21. The molecule has 1 fully saturated rings. The van der Waals surface area contributed by atoms with Crippen LogP contribution in [0.4, 0.5) is 0 Å². The smallest absolute Gasteiger partial charge is 0.456 e. The average Bonchev–Trinajstić information content (AvgIpc) is 3.75. The summed E-state index contributed by atoms with van der Waals surface area (Å²) in [7, 11) is 6.27. The maximum Gasteiger partial charge on any atom is 0.498 e. The van der Waals surface area contributed by atoms with Crippen LogP contribution in [0.25, 0.3) is 38.6 Å². The summed E-state index contributed by atoms with van der Waals surface area (Å²) in [5, 5.41) is 2.16. The van der Waals surface area contributed by atoms with Gasteiger partial charge < -0.3 is 13.7 Å². The number of hydrogen-bond acceptors (Lipinski definition) is 3. The minimum Gasteiger partial charge on any atom is -0.456 e. The van der Waals surface area contributed by atoms with Crippen molar-refractivity contribution in [2.45, 2.75) is 57.7 Å². The molecule has 0 bridgehead atoms. The van der Waals surface area contributed by atoms with Gasteiger partial charge in [-0.25, -0.2) is 0 Å². The first-order valence-electron chi connectivity index (χ1n) is 17.8. The molecule has 1 aliphatic heterocycles. The van der Waals surface area contributed by atoms with Crippen LogP contribution in [0.5, 0.6) is 0 Å². The van der Waals surface area contributed by atoms with Crippen LogP contribution >= 0.6 is 0 Å². The zero-order valence-electron chi connectivity index (χ0n) is 30.5. The Hall–Kier alpha value is -4.44. The summed E-state index contributed by atoms with van der Waals surface area (Å²) >= 11 is 0. The van der Waals surface area contributed by atoms with Crippen LogP contribution in [0.3, 0.4) is 0 Å². The van der Waals surface area contributed by atoms with Crippen LogP contribution in [-0.4, -0.2) is 41.9 Å². The molecule has 0 spiro atoms. The zero-order chi connectivity index (χ0) is 35.0.